The summed E-state index contributed by atoms with van der Waals surface area (Å²) in [6.45, 7) is 6.06. The molecular weight excluding hydrogens is 294 g/mol. The predicted octanol–water partition coefficient (Wildman–Crippen LogP) is 2.05. The number of pyridine rings is 1. The zero-order valence-electron chi connectivity index (χ0n) is 13.3. The lowest BCUT2D eigenvalue weighted by molar-refractivity contribution is -0.141. The van der Waals surface area contributed by atoms with Gasteiger partial charge in [-0.25, -0.2) is 4.98 Å². The summed E-state index contributed by atoms with van der Waals surface area (Å²) in [6.07, 6.45) is 2.80. The van der Waals surface area contributed by atoms with Crippen LogP contribution in [0.3, 0.4) is 0 Å². The summed E-state index contributed by atoms with van der Waals surface area (Å²) in [6, 6.07) is 7.71. The number of nitrogens with zero attached hydrogens (tertiary/aromatic N) is 3. The molecule has 0 saturated carbocycles. The zero-order valence-corrected chi connectivity index (χ0v) is 13.3. The minimum Gasteiger partial charge on any atom is -0.477 e. The van der Waals surface area contributed by atoms with Crippen LogP contribution in [0.5, 0.6) is 5.88 Å². The number of aryl methyl sites for hydroxylation is 1. The van der Waals surface area contributed by atoms with Gasteiger partial charge in [-0.15, -0.1) is 0 Å². The van der Waals surface area contributed by atoms with Crippen LogP contribution in [0, 0.1) is 12.8 Å². The van der Waals surface area contributed by atoms with Gasteiger partial charge in [-0.2, -0.15) is 0 Å². The van der Waals surface area contributed by atoms with Gasteiger partial charge in [-0.3, -0.25) is 4.90 Å². The van der Waals surface area contributed by atoms with Gasteiger partial charge in [0.05, 0.1) is 17.9 Å². The molecule has 1 atom stereocenters. The van der Waals surface area contributed by atoms with E-state index in [1.54, 1.807) is 6.20 Å². The molecule has 4 rings (SSSR count). The van der Waals surface area contributed by atoms with E-state index in [0.29, 0.717) is 18.4 Å². The Bertz CT molecular complexity index is 652. The van der Waals surface area contributed by atoms with Crippen LogP contribution in [0.2, 0.25) is 0 Å². The molecule has 6 nitrogen and oxygen atoms in total. The van der Waals surface area contributed by atoms with Crippen molar-refractivity contribution in [3.63, 3.8) is 0 Å². The molecule has 0 bridgehead atoms. The molecule has 2 fully saturated rings. The van der Waals surface area contributed by atoms with E-state index < -0.39 is 0 Å². The SMILES string of the molecule is Cc1cc(CN2CC3(C2)OCCC3COc2ccccn2)no1. The van der Waals surface area contributed by atoms with Crippen LogP contribution in [-0.2, 0) is 11.3 Å². The number of rotatable bonds is 5. The molecule has 0 aromatic carbocycles. The van der Waals surface area contributed by atoms with Crippen LogP contribution >= 0.6 is 0 Å². The van der Waals surface area contributed by atoms with Crippen LogP contribution < -0.4 is 4.74 Å². The average molecular weight is 315 g/mol. The lowest BCUT2D eigenvalue weighted by atomic mass is 9.81. The molecule has 4 heterocycles. The van der Waals surface area contributed by atoms with E-state index in [2.05, 4.69) is 15.0 Å². The Hall–Kier alpha value is -1.92. The number of likely N-dealkylation sites (tertiary alicyclic amines) is 1. The molecule has 0 N–H and O–H groups in total. The van der Waals surface area contributed by atoms with Crippen molar-refractivity contribution < 1.29 is 14.0 Å². The fourth-order valence-electron chi connectivity index (χ4n) is 3.53. The Morgan fingerprint density at radius 1 is 1.39 bits per heavy atom. The lowest BCUT2D eigenvalue weighted by Crippen LogP contribution is -2.64. The largest absolute Gasteiger partial charge is 0.477 e. The summed E-state index contributed by atoms with van der Waals surface area (Å²) < 4.78 is 17.0. The van der Waals surface area contributed by atoms with Crippen molar-refractivity contribution in [2.45, 2.75) is 25.5 Å². The van der Waals surface area contributed by atoms with Gasteiger partial charge in [0, 0.05) is 50.5 Å². The van der Waals surface area contributed by atoms with Crippen molar-refractivity contribution in [3.05, 3.63) is 41.9 Å². The summed E-state index contributed by atoms with van der Waals surface area (Å²) in [5, 5.41) is 4.06. The van der Waals surface area contributed by atoms with Gasteiger partial charge >= 0.3 is 0 Å². The third-order valence-corrected chi connectivity index (χ3v) is 4.71. The fourth-order valence-corrected chi connectivity index (χ4v) is 3.53. The van der Waals surface area contributed by atoms with Crippen LogP contribution in [0.25, 0.3) is 0 Å². The number of ether oxygens (including phenoxy) is 2. The molecule has 122 valence electrons. The van der Waals surface area contributed by atoms with Crippen molar-refractivity contribution in [1.29, 1.82) is 0 Å². The maximum atomic E-state index is 6.06. The first-order chi connectivity index (χ1) is 11.2. The van der Waals surface area contributed by atoms with Crippen LogP contribution in [0.15, 0.2) is 35.0 Å². The molecule has 1 spiro atoms. The highest BCUT2D eigenvalue weighted by Gasteiger charge is 2.53. The molecule has 6 heteroatoms. The van der Waals surface area contributed by atoms with Crippen LogP contribution in [0.4, 0.5) is 0 Å². The van der Waals surface area contributed by atoms with E-state index in [1.165, 1.54) is 0 Å². The van der Waals surface area contributed by atoms with Gasteiger partial charge in [-0.1, -0.05) is 11.2 Å². The molecule has 0 radical (unpaired) electrons. The van der Waals surface area contributed by atoms with Crippen LogP contribution in [-0.4, -0.2) is 46.9 Å². The van der Waals surface area contributed by atoms with E-state index >= 15 is 0 Å². The minimum absolute atomic E-state index is 0.0619. The number of hydrogen-bond donors (Lipinski definition) is 0. The summed E-state index contributed by atoms with van der Waals surface area (Å²) >= 11 is 0. The van der Waals surface area contributed by atoms with E-state index in [9.17, 15) is 0 Å². The lowest BCUT2D eigenvalue weighted by Gasteiger charge is -2.49. The maximum Gasteiger partial charge on any atom is 0.213 e. The second-order valence-electron chi connectivity index (χ2n) is 6.45. The normalized spacial score (nSPS) is 23.1. The van der Waals surface area contributed by atoms with Crippen LogP contribution in [0.1, 0.15) is 17.9 Å². The molecule has 0 amide bonds. The summed E-state index contributed by atoms with van der Waals surface area (Å²) in [5.41, 5.74) is 0.921. The quantitative estimate of drug-likeness (QED) is 0.841. The first-order valence-corrected chi connectivity index (χ1v) is 8.06. The predicted molar refractivity (Wildman–Crippen MR) is 83.0 cm³/mol. The Morgan fingerprint density at radius 2 is 2.30 bits per heavy atom. The monoisotopic (exact) mass is 315 g/mol. The Kier molecular flexibility index (Phi) is 3.79. The summed E-state index contributed by atoms with van der Waals surface area (Å²) in [5.74, 6) is 1.96. The van der Waals surface area contributed by atoms with Crippen molar-refractivity contribution in [1.82, 2.24) is 15.0 Å². The Morgan fingerprint density at radius 3 is 3.04 bits per heavy atom. The standard InChI is InChI=1S/C17H21N3O3/c1-13-8-15(19-23-13)9-20-11-17(12-20)14(5-7-22-17)10-21-16-4-2-3-6-18-16/h2-4,6,8,14H,5,7,9-12H2,1H3. The molecule has 23 heavy (non-hydrogen) atoms. The molecule has 2 aromatic rings. The highest BCUT2D eigenvalue weighted by atomic mass is 16.5. The van der Waals surface area contributed by atoms with Gasteiger partial charge in [0.2, 0.25) is 5.88 Å². The number of aromatic nitrogens is 2. The highest BCUT2D eigenvalue weighted by Crippen LogP contribution is 2.40. The molecule has 2 aromatic heterocycles. The molecule has 0 aliphatic carbocycles. The van der Waals surface area contributed by atoms with Gasteiger partial charge < -0.3 is 14.0 Å². The van der Waals surface area contributed by atoms with Gasteiger partial charge in [0.15, 0.2) is 0 Å². The second-order valence-corrected chi connectivity index (χ2v) is 6.45. The second kappa shape index (κ2) is 5.94. The summed E-state index contributed by atoms with van der Waals surface area (Å²) in [4.78, 5) is 6.56. The van der Waals surface area contributed by atoms with E-state index in [4.69, 9.17) is 14.0 Å². The third-order valence-electron chi connectivity index (χ3n) is 4.71. The molecular formula is C17H21N3O3. The van der Waals surface area contributed by atoms with Crippen molar-refractivity contribution in [3.8, 4) is 5.88 Å². The topological polar surface area (TPSA) is 60.6 Å². The van der Waals surface area contributed by atoms with Gasteiger partial charge in [0.1, 0.15) is 5.76 Å². The highest BCUT2D eigenvalue weighted by molar-refractivity contribution is 5.12. The van der Waals surface area contributed by atoms with E-state index in [0.717, 1.165) is 44.1 Å². The van der Waals surface area contributed by atoms with Gasteiger partial charge in [-0.05, 0) is 19.4 Å². The maximum absolute atomic E-state index is 6.06. The first-order valence-electron chi connectivity index (χ1n) is 8.06. The van der Waals surface area contributed by atoms with Crippen molar-refractivity contribution in [2.75, 3.05) is 26.3 Å². The third kappa shape index (κ3) is 2.96. The van der Waals surface area contributed by atoms with Crippen molar-refractivity contribution >= 4 is 0 Å². The molecule has 1 unspecified atom stereocenters. The zero-order chi connectivity index (χ0) is 15.7. The smallest absolute Gasteiger partial charge is 0.213 e. The fraction of sp³-hybridized carbons (Fsp3) is 0.529. The van der Waals surface area contributed by atoms with E-state index in [-0.39, 0.29) is 5.60 Å². The Balaban J connectivity index is 1.32. The average Bonchev–Trinajstić information content (AvgIpc) is 3.12. The molecule has 2 saturated heterocycles. The van der Waals surface area contributed by atoms with Gasteiger partial charge in [0.25, 0.3) is 0 Å². The first kappa shape index (κ1) is 14.7. The van der Waals surface area contributed by atoms with E-state index in [1.807, 2.05) is 31.2 Å². The Labute approximate surface area is 135 Å². The molecule has 2 aliphatic heterocycles. The minimum atomic E-state index is -0.0619. The summed E-state index contributed by atoms with van der Waals surface area (Å²) in [7, 11) is 0. The molecule has 2 aliphatic rings. The number of hydrogen-bond acceptors (Lipinski definition) is 6. The van der Waals surface area contributed by atoms with Crippen molar-refractivity contribution in [2.24, 2.45) is 5.92 Å².